The minimum atomic E-state index is -0.418. The molecule has 1 amide bonds. The fourth-order valence-corrected chi connectivity index (χ4v) is 3.51. The van der Waals surface area contributed by atoms with Gasteiger partial charge in [0.05, 0.1) is 17.9 Å². The molecule has 0 bridgehead atoms. The fourth-order valence-electron chi connectivity index (χ4n) is 3.51. The van der Waals surface area contributed by atoms with Gasteiger partial charge in [0.1, 0.15) is 0 Å². The third kappa shape index (κ3) is 2.89. The first-order valence-corrected chi connectivity index (χ1v) is 8.57. The molecule has 126 valence electrons. The molecule has 4 rings (SSSR count). The van der Waals surface area contributed by atoms with E-state index in [-0.39, 0.29) is 0 Å². The standard InChI is InChI=1S/C21H20N2O2/c1-15-7-8-19-18(13-15)20(24)21(25)23(19)14-22-11-9-17(10-12-22)16-5-3-2-4-6-16/h2-9,13H,10-12,14H2,1H3. The SMILES string of the molecule is Cc1ccc2c(c1)C(=O)C(=O)N2CN1CC=C(c2ccccc2)CC1. The average Bonchev–Trinajstić information content (AvgIpc) is 2.88. The zero-order valence-electron chi connectivity index (χ0n) is 14.2. The first-order valence-electron chi connectivity index (χ1n) is 8.57. The number of hydrogen-bond acceptors (Lipinski definition) is 3. The van der Waals surface area contributed by atoms with Crippen molar-refractivity contribution in [2.45, 2.75) is 13.3 Å². The highest BCUT2D eigenvalue weighted by atomic mass is 16.2. The van der Waals surface area contributed by atoms with Crippen LogP contribution in [0.3, 0.4) is 0 Å². The number of anilines is 1. The summed E-state index contributed by atoms with van der Waals surface area (Å²) in [4.78, 5) is 28.4. The molecule has 0 saturated carbocycles. The molecule has 2 aliphatic heterocycles. The maximum absolute atomic E-state index is 12.4. The third-order valence-corrected chi connectivity index (χ3v) is 4.91. The largest absolute Gasteiger partial charge is 0.300 e. The summed E-state index contributed by atoms with van der Waals surface area (Å²) < 4.78 is 0. The van der Waals surface area contributed by atoms with Crippen LogP contribution in [0, 0.1) is 6.92 Å². The third-order valence-electron chi connectivity index (χ3n) is 4.91. The van der Waals surface area contributed by atoms with Crippen LogP contribution in [0.5, 0.6) is 0 Å². The van der Waals surface area contributed by atoms with Crippen LogP contribution in [0.4, 0.5) is 5.69 Å². The Bertz CT molecular complexity index is 871. The van der Waals surface area contributed by atoms with Crippen molar-refractivity contribution >= 4 is 23.0 Å². The van der Waals surface area contributed by atoms with E-state index >= 15 is 0 Å². The van der Waals surface area contributed by atoms with Gasteiger partial charge in [0, 0.05) is 13.1 Å². The van der Waals surface area contributed by atoms with Gasteiger partial charge in [-0.25, -0.2) is 0 Å². The molecule has 4 heteroatoms. The van der Waals surface area contributed by atoms with Crippen LogP contribution < -0.4 is 4.90 Å². The highest BCUT2D eigenvalue weighted by Crippen LogP contribution is 2.30. The van der Waals surface area contributed by atoms with E-state index in [1.165, 1.54) is 11.1 Å². The Kier molecular flexibility index (Phi) is 3.98. The molecule has 0 saturated heterocycles. The Morgan fingerprint density at radius 1 is 1.04 bits per heavy atom. The second-order valence-electron chi connectivity index (χ2n) is 6.65. The molecule has 0 radical (unpaired) electrons. The van der Waals surface area contributed by atoms with E-state index in [1.807, 2.05) is 25.1 Å². The van der Waals surface area contributed by atoms with Gasteiger partial charge in [0.15, 0.2) is 0 Å². The first-order chi connectivity index (χ1) is 12.1. The maximum atomic E-state index is 12.4. The van der Waals surface area contributed by atoms with E-state index in [9.17, 15) is 9.59 Å². The van der Waals surface area contributed by atoms with Crippen LogP contribution in [-0.2, 0) is 4.79 Å². The van der Waals surface area contributed by atoms with Crippen molar-refractivity contribution in [1.29, 1.82) is 0 Å². The van der Waals surface area contributed by atoms with Gasteiger partial charge in [-0.15, -0.1) is 0 Å². The lowest BCUT2D eigenvalue weighted by Gasteiger charge is -2.30. The van der Waals surface area contributed by atoms with Crippen molar-refractivity contribution in [2.24, 2.45) is 0 Å². The number of ketones is 1. The minimum absolute atomic E-state index is 0.392. The van der Waals surface area contributed by atoms with Gasteiger partial charge in [-0.3, -0.25) is 19.4 Å². The molecule has 0 unspecified atom stereocenters. The number of Topliss-reactive ketones (excluding diaryl/α,β-unsaturated/α-hetero) is 1. The average molecular weight is 332 g/mol. The second kappa shape index (κ2) is 6.30. The number of carbonyl (C=O) groups excluding carboxylic acids is 2. The number of amides is 1. The van der Waals surface area contributed by atoms with Crippen LogP contribution in [0.1, 0.15) is 27.9 Å². The highest BCUT2D eigenvalue weighted by molar-refractivity contribution is 6.52. The molecular weight excluding hydrogens is 312 g/mol. The summed E-state index contributed by atoms with van der Waals surface area (Å²) in [7, 11) is 0. The maximum Gasteiger partial charge on any atom is 0.300 e. The summed E-state index contributed by atoms with van der Waals surface area (Å²) in [5.41, 5.74) is 4.86. The van der Waals surface area contributed by atoms with Gasteiger partial charge < -0.3 is 0 Å². The smallest absolute Gasteiger partial charge is 0.291 e. The van der Waals surface area contributed by atoms with Gasteiger partial charge in [0.2, 0.25) is 0 Å². The second-order valence-corrected chi connectivity index (χ2v) is 6.65. The Morgan fingerprint density at radius 3 is 2.56 bits per heavy atom. The molecule has 25 heavy (non-hydrogen) atoms. The number of aryl methyl sites for hydroxylation is 1. The Hall–Kier alpha value is -2.72. The van der Waals surface area contributed by atoms with E-state index < -0.39 is 11.7 Å². The molecule has 2 aliphatic rings. The number of hydrogen-bond donors (Lipinski definition) is 0. The summed E-state index contributed by atoms with van der Waals surface area (Å²) >= 11 is 0. The van der Waals surface area contributed by atoms with Crippen LogP contribution in [0.25, 0.3) is 5.57 Å². The van der Waals surface area contributed by atoms with Gasteiger partial charge in [-0.05, 0) is 36.6 Å². The van der Waals surface area contributed by atoms with Gasteiger partial charge in [-0.1, -0.05) is 48.0 Å². The van der Waals surface area contributed by atoms with Crippen molar-refractivity contribution < 1.29 is 9.59 Å². The van der Waals surface area contributed by atoms with Gasteiger partial charge in [-0.2, -0.15) is 0 Å². The number of fused-ring (bicyclic) bond motifs is 1. The number of carbonyl (C=O) groups is 2. The molecule has 0 aliphatic carbocycles. The lowest BCUT2D eigenvalue weighted by Crippen LogP contribution is -2.42. The summed E-state index contributed by atoms with van der Waals surface area (Å²) in [5.74, 6) is -0.810. The van der Waals surface area contributed by atoms with Crippen LogP contribution >= 0.6 is 0 Å². The first kappa shape index (κ1) is 15.8. The number of rotatable bonds is 3. The molecule has 0 N–H and O–H groups in total. The summed E-state index contributed by atoms with van der Waals surface area (Å²) in [6, 6.07) is 16.0. The zero-order chi connectivity index (χ0) is 17.4. The van der Waals surface area contributed by atoms with E-state index in [0.29, 0.717) is 12.2 Å². The summed E-state index contributed by atoms with van der Waals surface area (Å²) in [6.07, 6.45) is 3.16. The molecule has 0 fully saturated rings. The Balaban J connectivity index is 1.50. The van der Waals surface area contributed by atoms with E-state index in [1.54, 1.807) is 11.0 Å². The zero-order valence-corrected chi connectivity index (χ0v) is 14.2. The molecule has 4 nitrogen and oxygen atoms in total. The molecular formula is C21H20N2O2. The van der Waals surface area contributed by atoms with Crippen molar-refractivity contribution in [1.82, 2.24) is 4.90 Å². The number of nitrogens with zero attached hydrogens (tertiary/aromatic N) is 2. The Labute approximate surface area is 147 Å². The van der Waals surface area contributed by atoms with Gasteiger partial charge >= 0.3 is 5.91 Å². The quantitative estimate of drug-likeness (QED) is 0.810. The van der Waals surface area contributed by atoms with Crippen LogP contribution in [-0.4, -0.2) is 36.3 Å². The van der Waals surface area contributed by atoms with Crippen molar-refractivity contribution in [3.8, 4) is 0 Å². The monoisotopic (exact) mass is 332 g/mol. The van der Waals surface area contributed by atoms with Gasteiger partial charge in [0.25, 0.3) is 5.78 Å². The topological polar surface area (TPSA) is 40.6 Å². The number of benzene rings is 2. The molecule has 0 aromatic heterocycles. The summed E-state index contributed by atoms with van der Waals surface area (Å²) in [6.45, 7) is 4.05. The highest BCUT2D eigenvalue weighted by Gasteiger charge is 2.36. The van der Waals surface area contributed by atoms with E-state index in [4.69, 9.17) is 0 Å². The van der Waals surface area contributed by atoms with Crippen LogP contribution in [0.2, 0.25) is 0 Å². The molecule has 2 aromatic rings. The van der Waals surface area contributed by atoms with Crippen molar-refractivity contribution in [3.05, 3.63) is 71.3 Å². The predicted molar refractivity (Wildman–Crippen MR) is 98.5 cm³/mol. The normalized spacial score (nSPS) is 17.6. The predicted octanol–water partition coefficient (Wildman–Crippen LogP) is 3.27. The lowest BCUT2D eigenvalue weighted by molar-refractivity contribution is -0.114. The van der Waals surface area contributed by atoms with E-state index in [2.05, 4.69) is 35.2 Å². The molecule has 0 spiro atoms. The van der Waals surface area contributed by atoms with Crippen molar-refractivity contribution in [2.75, 3.05) is 24.7 Å². The minimum Gasteiger partial charge on any atom is -0.291 e. The summed E-state index contributed by atoms with van der Waals surface area (Å²) in [5, 5.41) is 0. The van der Waals surface area contributed by atoms with E-state index in [0.717, 1.165) is 30.8 Å². The fraction of sp³-hybridized carbons (Fsp3) is 0.238. The molecule has 2 aromatic carbocycles. The lowest BCUT2D eigenvalue weighted by atomic mass is 10.00. The molecule has 0 atom stereocenters. The van der Waals surface area contributed by atoms with Crippen molar-refractivity contribution in [3.63, 3.8) is 0 Å². The molecule has 2 heterocycles. The Morgan fingerprint density at radius 2 is 1.84 bits per heavy atom. The van der Waals surface area contributed by atoms with Crippen LogP contribution in [0.15, 0.2) is 54.6 Å².